The Balaban J connectivity index is 2.00. The number of rotatable bonds is 4. The van der Waals surface area contributed by atoms with Gasteiger partial charge in [0, 0.05) is 6.20 Å². The zero-order valence-electron chi connectivity index (χ0n) is 15.1. The predicted octanol–water partition coefficient (Wildman–Crippen LogP) is 5.10. The van der Waals surface area contributed by atoms with Gasteiger partial charge in [-0.2, -0.15) is 18.3 Å². The number of nitrogens with zero attached hydrogens (tertiary/aromatic N) is 4. The molecule has 0 amide bonds. The predicted molar refractivity (Wildman–Crippen MR) is 99.2 cm³/mol. The van der Waals surface area contributed by atoms with Crippen molar-refractivity contribution in [2.75, 3.05) is 0 Å². The first kappa shape index (κ1) is 20.5. The summed E-state index contributed by atoms with van der Waals surface area (Å²) in [6.07, 6.45) is -1.66. The first-order chi connectivity index (χ1) is 14.7. The van der Waals surface area contributed by atoms with E-state index < -0.39 is 51.8 Å². The molecule has 0 radical (unpaired) electrons. The highest BCUT2D eigenvalue weighted by atomic mass is 35.5. The monoisotopic (exact) mass is 452 g/mol. The first-order valence-electron chi connectivity index (χ1n) is 8.43. The van der Waals surface area contributed by atoms with E-state index in [1.54, 1.807) is 0 Å². The van der Waals surface area contributed by atoms with E-state index in [0.29, 0.717) is 4.68 Å². The summed E-state index contributed by atoms with van der Waals surface area (Å²) in [5.74, 6) is -3.35. The normalized spacial score (nSPS) is 11.6. The molecule has 0 saturated heterocycles. The number of carboxylic acids is 1. The number of halogens is 5. The SMILES string of the molecule is O=C(O)c1c(-c2c(F)cccc2Cl)noc1-c1cnn(-c2cccnc2)c1C(F)(F)F. The molecule has 7 nitrogen and oxygen atoms in total. The van der Waals surface area contributed by atoms with E-state index in [2.05, 4.69) is 15.2 Å². The lowest BCUT2D eigenvalue weighted by atomic mass is 10.0. The molecule has 0 aliphatic rings. The first-order valence-corrected chi connectivity index (χ1v) is 8.81. The van der Waals surface area contributed by atoms with Crippen molar-refractivity contribution in [3.63, 3.8) is 0 Å². The van der Waals surface area contributed by atoms with Crippen LogP contribution in [-0.4, -0.2) is 31.0 Å². The van der Waals surface area contributed by atoms with Gasteiger partial charge >= 0.3 is 12.1 Å². The van der Waals surface area contributed by atoms with Gasteiger partial charge in [-0.25, -0.2) is 13.9 Å². The molecule has 0 aliphatic carbocycles. The molecular weight excluding hydrogens is 444 g/mol. The van der Waals surface area contributed by atoms with Crippen molar-refractivity contribution in [3.05, 3.63) is 71.0 Å². The smallest absolute Gasteiger partial charge is 0.434 e. The Morgan fingerprint density at radius 1 is 1.16 bits per heavy atom. The molecule has 4 rings (SSSR count). The second-order valence-corrected chi connectivity index (χ2v) is 6.57. The quantitative estimate of drug-likeness (QED) is 0.433. The van der Waals surface area contributed by atoms with E-state index in [4.69, 9.17) is 16.1 Å². The van der Waals surface area contributed by atoms with Gasteiger partial charge in [0.05, 0.1) is 34.2 Å². The van der Waals surface area contributed by atoms with Gasteiger partial charge in [-0.05, 0) is 24.3 Å². The number of carboxylic acid groups (broad SMARTS) is 1. The van der Waals surface area contributed by atoms with Gasteiger partial charge < -0.3 is 9.63 Å². The highest BCUT2D eigenvalue weighted by Gasteiger charge is 2.42. The maximum Gasteiger partial charge on any atom is 0.434 e. The van der Waals surface area contributed by atoms with E-state index >= 15 is 0 Å². The third-order valence-electron chi connectivity index (χ3n) is 4.28. The van der Waals surface area contributed by atoms with Crippen molar-refractivity contribution in [2.45, 2.75) is 6.18 Å². The molecular formula is C19H9ClF4N4O3. The fourth-order valence-electron chi connectivity index (χ4n) is 3.03. The van der Waals surface area contributed by atoms with Crippen LogP contribution in [0.2, 0.25) is 5.02 Å². The minimum Gasteiger partial charge on any atom is -0.477 e. The summed E-state index contributed by atoms with van der Waals surface area (Å²) < 4.78 is 61.6. The summed E-state index contributed by atoms with van der Waals surface area (Å²) in [5.41, 5.74) is -3.78. The number of carbonyl (C=O) groups is 1. The third kappa shape index (κ3) is 3.52. The molecule has 0 bridgehead atoms. The van der Waals surface area contributed by atoms with Crippen LogP contribution in [0.4, 0.5) is 17.6 Å². The number of aromatic nitrogens is 4. The van der Waals surface area contributed by atoms with Gasteiger partial charge in [0.15, 0.2) is 11.5 Å². The van der Waals surface area contributed by atoms with Crippen LogP contribution in [0, 0.1) is 5.82 Å². The molecule has 12 heteroatoms. The van der Waals surface area contributed by atoms with Crippen LogP contribution in [0.1, 0.15) is 16.1 Å². The molecule has 0 unspecified atom stereocenters. The Morgan fingerprint density at radius 2 is 1.94 bits per heavy atom. The van der Waals surface area contributed by atoms with Gasteiger partial charge in [0.25, 0.3) is 0 Å². The van der Waals surface area contributed by atoms with E-state index in [1.165, 1.54) is 30.5 Å². The number of alkyl halides is 3. The summed E-state index contributed by atoms with van der Waals surface area (Å²) in [5, 5.41) is 16.7. The Bertz CT molecular complexity index is 1270. The molecule has 3 aromatic heterocycles. The van der Waals surface area contributed by atoms with Crippen LogP contribution in [0.25, 0.3) is 28.3 Å². The number of aromatic carboxylic acids is 1. The van der Waals surface area contributed by atoms with Crippen molar-refractivity contribution >= 4 is 17.6 Å². The lowest BCUT2D eigenvalue weighted by Crippen LogP contribution is -2.15. The maximum absolute atomic E-state index is 14.3. The molecule has 31 heavy (non-hydrogen) atoms. The number of hydrogen-bond acceptors (Lipinski definition) is 5. The zero-order valence-corrected chi connectivity index (χ0v) is 15.8. The summed E-state index contributed by atoms with van der Waals surface area (Å²) in [6.45, 7) is 0. The second-order valence-electron chi connectivity index (χ2n) is 6.16. The van der Waals surface area contributed by atoms with Crippen molar-refractivity contribution in [2.24, 2.45) is 0 Å². The van der Waals surface area contributed by atoms with E-state index in [0.717, 1.165) is 18.5 Å². The minimum atomic E-state index is -4.96. The Kier molecular flexibility index (Phi) is 4.97. The fraction of sp³-hybridized carbons (Fsp3) is 0.0526. The standard InChI is InChI=1S/C19H9ClF4N4O3/c20-11-4-1-5-12(21)13(11)15-14(18(29)30)16(31-27-15)10-8-26-28(17(10)19(22,23)24)9-3-2-6-25-7-9/h1-8H,(H,29,30). The summed E-state index contributed by atoms with van der Waals surface area (Å²) in [6, 6.07) is 6.31. The summed E-state index contributed by atoms with van der Waals surface area (Å²) >= 11 is 5.97. The fourth-order valence-corrected chi connectivity index (χ4v) is 3.28. The lowest BCUT2D eigenvalue weighted by molar-refractivity contribution is -0.142. The van der Waals surface area contributed by atoms with Crippen LogP contribution in [0.15, 0.2) is 53.4 Å². The van der Waals surface area contributed by atoms with Gasteiger partial charge in [-0.15, -0.1) is 0 Å². The van der Waals surface area contributed by atoms with Crippen molar-refractivity contribution in [1.29, 1.82) is 0 Å². The molecule has 3 heterocycles. The number of benzene rings is 1. The molecule has 0 aliphatic heterocycles. The summed E-state index contributed by atoms with van der Waals surface area (Å²) in [4.78, 5) is 15.7. The van der Waals surface area contributed by atoms with E-state index in [9.17, 15) is 27.5 Å². The Labute approximate surface area is 175 Å². The average molecular weight is 453 g/mol. The zero-order chi connectivity index (χ0) is 22.3. The average Bonchev–Trinajstić information content (AvgIpc) is 3.33. The lowest BCUT2D eigenvalue weighted by Gasteiger charge is -2.11. The number of hydrogen-bond donors (Lipinski definition) is 1. The largest absolute Gasteiger partial charge is 0.477 e. The van der Waals surface area contributed by atoms with Gasteiger partial charge in [0.1, 0.15) is 17.1 Å². The third-order valence-corrected chi connectivity index (χ3v) is 4.59. The second kappa shape index (κ2) is 7.51. The highest BCUT2D eigenvalue weighted by molar-refractivity contribution is 6.33. The minimum absolute atomic E-state index is 0.0187. The maximum atomic E-state index is 14.3. The van der Waals surface area contributed by atoms with Crippen molar-refractivity contribution < 1.29 is 32.0 Å². The molecule has 0 saturated carbocycles. The molecule has 0 fully saturated rings. The van der Waals surface area contributed by atoms with Crippen LogP contribution in [-0.2, 0) is 6.18 Å². The Hall–Kier alpha value is -3.73. The van der Waals surface area contributed by atoms with Gasteiger partial charge in [-0.3, -0.25) is 4.98 Å². The number of pyridine rings is 1. The van der Waals surface area contributed by atoms with Crippen LogP contribution >= 0.6 is 11.6 Å². The van der Waals surface area contributed by atoms with Crippen LogP contribution in [0.3, 0.4) is 0 Å². The molecule has 0 atom stereocenters. The highest BCUT2D eigenvalue weighted by Crippen LogP contribution is 2.42. The Morgan fingerprint density at radius 3 is 2.55 bits per heavy atom. The molecule has 4 aromatic rings. The van der Waals surface area contributed by atoms with Crippen LogP contribution in [0.5, 0.6) is 0 Å². The molecule has 0 spiro atoms. The topological polar surface area (TPSA) is 94.0 Å². The summed E-state index contributed by atoms with van der Waals surface area (Å²) in [7, 11) is 0. The van der Waals surface area contributed by atoms with Gasteiger partial charge in [0.2, 0.25) is 0 Å². The van der Waals surface area contributed by atoms with Crippen LogP contribution < -0.4 is 0 Å². The van der Waals surface area contributed by atoms with E-state index in [-0.39, 0.29) is 10.7 Å². The van der Waals surface area contributed by atoms with Crippen molar-refractivity contribution in [3.8, 4) is 28.3 Å². The molecule has 1 N–H and O–H groups in total. The van der Waals surface area contributed by atoms with Crippen molar-refractivity contribution in [1.82, 2.24) is 19.9 Å². The van der Waals surface area contributed by atoms with E-state index in [1.807, 2.05) is 0 Å². The van der Waals surface area contributed by atoms with Gasteiger partial charge in [-0.1, -0.05) is 22.8 Å². The molecule has 1 aromatic carbocycles. The molecule has 158 valence electrons.